The minimum atomic E-state index is -3.97. The van der Waals surface area contributed by atoms with Crippen LogP contribution in [-0.2, 0) is 27.5 Å². The molecule has 106 valence electrons. The molecule has 0 atom stereocenters. The van der Waals surface area contributed by atoms with Gasteiger partial charge in [0.25, 0.3) is 0 Å². The predicted octanol–water partition coefficient (Wildman–Crippen LogP) is 0.879. The standard InChI is InChI=1S/3H2O3S2.2P/c3*1-5(2,3)4;;/h3*(H2,1,2,3,4);;. The minimum Gasteiger partial charge on any atom is -0.277 e. The lowest BCUT2D eigenvalue weighted by Gasteiger charge is -1.67. The van der Waals surface area contributed by atoms with Gasteiger partial charge in [-0.05, 0) is 35.0 Å². The van der Waals surface area contributed by atoms with Crippen LogP contribution in [0.4, 0.5) is 0 Å². The monoisotopic (exact) mass is 404 g/mol. The third-order valence-electron chi connectivity index (χ3n) is 0. The van der Waals surface area contributed by atoms with Gasteiger partial charge < -0.3 is 0 Å². The van der Waals surface area contributed by atoms with Crippen LogP contribution in [0.1, 0.15) is 0 Å². The molecule has 9 nitrogen and oxygen atoms in total. The van der Waals surface area contributed by atoms with Crippen LogP contribution in [0.25, 0.3) is 0 Å². The lowest BCUT2D eigenvalue weighted by molar-refractivity contribution is 0.501. The second kappa shape index (κ2) is 12.7. The minimum absolute atomic E-state index is 0. The summed E-state index contributed by atoms with van der Waals surface area (Å²) in [5.74, 6) is 0. The highest BCUT2D eigenvalue weighted by Gasteiger charge is 1.84. The molecule has 0 aromatic rings. The Morgan fingerprint density at radius 3 is 0.529 bits per heavy atom. The van der Waals surface area contributed by atoms with Gasteiger partial charge in [-0.3, -0.25) is 13.7 Å². The van der Waals surface area contributed by atoms with Crippen molar-refractivity contribution in [2.45, 2.75) is 0 Å². The van der Waals surface area contributed by atoms with E-state index in [0.717, 1.165) is 0 Å². The zero-order chi connectivity index (χ0) is 13.5. The number of rotatable bonds is 0. The second-order valence-electron chi connectivity index (χ2n) is 1.34. The fraction of sp³-hybridized carbons (Fsp3) is 0. The van der Waals surface area contributed by atoms with Gasteiger partial charge in [0.1, 0.15) is 0 Å². The third-order valence-corrected chi connectivity index (χ3v) is 0. The molecule has 0 aliphatic carbocycles. The Labute approximate surface area is 120 Å². The summed E-state index contributed by atoms with van der Waals surface area (Å²) < 4.78 is 76.4. The molecule has 0 aliphatic heterocycles. The van der Waals surface area contributed by atoms with E-state index in [-0.39, 0.29) is 19.8 Å². The van der Waals surface area contributed by atoms with Gasteiger partial charge in [-0.2, -0.15) is 25.3 Å². The summed E-state index contributed by atoms with van der Waals surface area (Å²) in [5, 5.41) is 0. The molecule has 0 saturated carbocycles. The molecule has 0 spiro atoms. The van der Waals surface area contributed by atoms with E-state index in [4.69, 9.17) is 38.9 Å². The summed E-state index contributed by atoms with van der Waals surface area (Å²) in [4.78, 5) is 0. The van der Waals surface area contributed by atoms with Crippen molar-refractivity contribution < 1.29 is 38.9 Å². The maximum Gasteiger partial charge on any atom is 0.316 e. The summed E-state index contributed by atoms with van der Waals surface area (Å²) in [5.41, 5.74) is 0. The van der Waals surface area contributed by atoms with Crippen LogP contribution in [0.15, 0.2) is 0 Å². The maximum atomic E-state index is 9.05. The molecular weight excluding hydrogens is 398 g/mol. The van der Waals surface area contributed by atoms with Crippen LogP contribution < -0.4 is 0 Å². The van der Waals surface area contributed by atoms with Crippen molar-refractivity contribution in [2.24, 2.45) is 0 Å². The lowest BCUT2D eigenvalue weighted by atomic mass is 15.9. The molecule has 0 amide bonds. The van der Waals surface area contributed by atoms with Crippen molar-refractivity contribution in [2.75, 3.05) is 0 Å². The molecule has 0 unspecified atom stereocenters. The lowest BCUT2D eigenvalue weighted by Crippen LogP contribution is -1.78. The first-order valence-electron chi connectivity index (χ1n) is 2.10. The SMILES string of the molecule is O=S(=O)(O)S.O=S(=O)(O)S.O=S(=O)(O)S.[P].[P]. The smallest absolute Gasteiger partial charge is 0.277 e. The van der Waals surface area contributed by atoms with Crippen LogP contribution in [0.5, 0.6) is 0 Å². The van der Waals surface area contributed by atoms with Gasteiger partial charge in [0.05, 0.1) is 0 Å². The molecule has 0 aromatic heterocycles. The van der Waals surface area contributed by atoms with Crippen molar-refractivity contribution in [3.8, 4) is 0 Å². The molecule has 0 aromatic carbocycles. The van der Waals surface area contributed by atoms with Gasteiger partial charge in [-0.15, -0.1) is 0 Å². The van der Waals surface area contributed by atoms with Crippen LogP contribution in [-0.4, -0.2) is 38.9 Å². The van der Waals surface area contributed by atoms with Crippen molar-refractivity contribution in [1.29, 1.82) is 0 Å². The van der Waals surface area contributed by atoms with E-state index in [1.807, 2.05) is 0 Å². The Morgan fingerprint density at radius 1 is 0.529 bits per heavy atom. The number of hydrogen-bond donors (Lipinski definition) is 6. The first-order valence-corrected chi connectivity index (χ1v) is 9.57. The van der Waals surface area contributed by atoms with Crippen LogP contribution in [0.3, 0.4) is 0 Å². The Balaban J connectivity index is -0.0000000400. The van der Waals surface area contributed by atoms with Gasteiger partial charge >= 0.3 is 27.5 Å². The van der Waals surface area contributed by atoms with Crippen LogP contribution in [0, 0.1) is 0 Å². The van der Waals surface area contributed by atoms with E-state index in [9.17, 15) is 0 Å². The average molecular weight is 404 g/mol. The third kappa shape index (κ3) is 1600. The molecule has 0 aliphatic rings. The van der Waals surface area contributed by atoms with E-state index in [0.29, 0.717) is 0 Å². The highest BCUT2D eigenvalue weighted by Crippen LogP contribution is 1.82. The Morgan fingerprint density at radius 2 is 0.529 bits per heavy atom. The van der Waals surface area contributed by atoms with Crippen molar-refractivity contribution >= 4 is 82.2 Å². The summed E-state index contributed by atoms with van der Waals surface area (Å²) in [6.45, 7) is 0. The molecular formula is H6O9P2S6. The van der Waals surface area contributed by atoms with Crippen molar-refractivity contribution in [3.05, 3.63) is 0 Å². The molecule has 0 fully saturated rings. The van der Waals surface area contributed by atoms with E-state index < -0.39 is 27.5 Å². The van der Waals surface area contributed by atoms with E-state index in [1.54, 1.807) is 0 Å². The predicted molar refractivity (Wildman–Crippen MR) is 75.4 cm³/mol. The van der Waals surface area contributed by atoms with Gasteiger partial charge in [-0.25, -0.2) is 0 Å². The summed E-state index contributed by atoms with van der Waals surface area (Å²) in [6, 6.07) is 0. The second-order valence-corrected chi connectivity index (χ2v) is 8.18. The normalized spacial score (nSPS) is 10.2. The number of hydrogen-bond acceptors (Lipinski definition) is 6. The molecule has 17 heavy (non-hydrogen) atoms. The largest absolute Gasteiger partial charge is 0.316 e. The first kappa shape index (κ1) is 31.2. The molecule has 0 bridgehead atoms. The molecule has 0 saturated heterocycles. The fourth-order valence-corrected chi connectivity index (χ4v) is 0. The molecule has 6 radical (unpaired) electrons. The molecule has 3 N–H and O–H groups in total. The van der Waals surface area contributed by atoms with Crippen LogP contribution in [0.2, 0.25) is 0 Å². The summed E-state index contributed by atoms with van der Waals surface area (Å²) in [7, 11) is -11.9. The van der Waals surface area contributed by atoms with E-state index in [1.165, 1.54) is 0 Å². The van der Waals surface area contributed by atoms with Gasteiger partial charge in [0.2, 0.25) is 0 Å². The van der Waals surface area contributed by atoms with E-state index in [2.05, 4.69) is 35.0 Å². The van der Waals surface area contributed by atoms with E-state index >= 15 is 0 Å². The van der Waals surface area contributed by atoms with Gasteiger partial charge in [0.15, 0.2) is 0 Å². The molecule has 17 heteroatoms. The Bertz CT molecular complexity index is 344. The van der Waals surface area contributed by atoms with Gasteiger partial charge in [0, 0.05) is 19.8 Å². The average Bonchev–Trinajstić information content (AvgIpc) is 1.41. The molecule has 0 rings (SSSR count). The fourth-order valence-electron chi connectivity index (χ4n) is 0. The van der Waals surface area contributed by atoms with Gasteiger partial charge in [-0.1, -0.05) is 0 Å². The maximum absolute atomic E-state index is 9.05. The highest BCUT2D eigenvalue weighted by atomic mass is 33.1. The Kier molecular flexibility index (Phi) is 23.2. The van der Waals surface area contributed by atoms with Crippen molar-refractivity contribution in [3.63, 3.8) is 0 Å². The Hall–Kier alpha value is 1.64. The first-order chi connectivity index (χ1) is 6.00. The zero-order valence-corrected chi connectivity index (χ0v) is 14.2. The number of thiol groups is 3. The highest BCUT2D eigenvalue weighted by molar-refractivity contribution is 8.61. The molecule has 0 heterocycles. The quantitative estimate of drug-likeness (QED) is 0.149. The van der Waals surface area contributed by atoms with Crippen LogP contribution >= 0.6 is 54.8 Å². The zero-order valence-electron chi connectivity index (χ0n) is 7.25. The summed E-state index contributed by atoms with van der Waals surface area (Å²) >= 11 is 7.95. The van der Waals surface area contributed by atoms with Crippen molar-refractivity contribution in [1.82, 2.24) is 0 Å². The summed E-state index contributed by atoms with van der Waals surface area (Å²) in [6.07, 6.45) is 0. The topological polar surface area (TPSA) is 163 Å².